The summed E-state index contributed by atoms with van der Waals surface area (Å²) in [5, 5.41) is 6.33. The molecule has 1 saturated heterocycles. The molecule has 0 spiro atoms. The third kappa shape index (κ3) is 5.79. The Hall–Kier alpha value is -2.45. The van der Waals surface area contributed by atoms with Gasteiger partial charge in [-0.15, -0.1) is 0 Å². The number of aromatic nitrogens is 2. The van der Waals surface area contributed by atoms with Gasteiger partial charge in [0.05, 0.1) is 6.04 Å². The Balaban J connectivity index is 1.62. The molecule has 2 aliphatic rings. The number of hydrogen-bond donors (Lipinski definition) is 1. The normalized spacial score (nSPS) is 18.7. The second kappa shape index (κ2) is 9.14. The zero-order valence-corrected chi connectivity index (χ0v) is 18.3. The molecule has 0 bridgehead atoms. The average molecular weight is 421 g/mol. The van der Waals surface area contributed by atoms with Gasteiger partial charge >= 0.3 is 6.09 Å². The minimum atomic E-state index is -0.887. The molecule has 1 unspecified atom stereocenters. The number of likely N-dealkylation sites (tertiary alicyclic amines) is 1. The third-order valence-electron chi connectivity index (χ3n) is 5.35. The minimum absolute atomic E-state index is 0.0385. The first kappa shape index (κ1) is 22.2. The Bertz CT molecular complexity index is 775. The molecule has 1 aromatic heterocycles. The molecule has 1 aliphatic heterocycles. The van der Waals surface area contributed by atoms with Crippen LogP contribution in [-0.4, -0.2) is 58.1 Å². The molecular weight excluding hydrogens is 388 g/mol. The monoisotopic (exact) mass is 420 g/mol. The van der Waals surface area contributed by atoms with Gasteiger partial charge < -0.3 is 19.5 Å². The van der Waals surface area contributed by atoms with E-state index in [1.807, 2.05) is 20.8 Å². The summed E-state index contributed by atoms with van der Waals surface area (Å²) in [6.07, 6.45) is 2.95. The van der Waals surface area contributed by atoms with Crippen molar-refractivity contribution in [3.63, 3.8) is 0 Å². The molecule has 1 aliphatic carbocycles. The van der Waals surface area contributed by atoms with Gasteiger partial charge in [-0.3, -0.25) is 9.59 Å². The lowest BCUT2D eigenvalue weighted by atomic mass is 9.88. The van der Waals surface area contributed by atoms with E-state index in [-0.39, 0.29) is 23.1 Å². The highest BCUT2D eigenvalue weighted by atomic mass is 16.6. The fourth-order valence-corrected chi connectivity index (χ4v) is 3.52. The molecule has 1 N–H and O–H groups in total. The van der Waals surface area contributed by atoms with Gasteiger partial charge in [-0.25, -0.2) is 4.79 Å². The van der Waals surface area contributed by atoms with Crippen LogP contribution in [-0.2, 0) is 9.53 Å². The van der Waals surface area contributed by atoms with Crippen molar-refractivity contribution in [3.8, 4) is 0 Å². The number of carbonyl (C=O) groups excluding carboxylic acids is 3. The van der Waals surface area contributed by atoms with Gasteiger partial charge in [0.1, 0.15) is 0 Å². The van der Waals surface area contributed by atoms with Gasteiger partial charge in [0, 0.05) is 19.0 Å². The maximum atomic E-state index is 12.9. The van der Waals surface area contributed by atoms with Gasteiger partial charge in [-0.1, -0.05) is 32.9 Å². The van der Waals surface area contributed by atoms with E-state index >= 15 is 0 Å². The minimum Gasteiger partial charge on any atom is -0.436 e. The number of alkyl carbamates (subject to hydrolysis) is 1. The van der Waals surface area contributed by atoms with Crippen LogP contribution in [0, 0.1) is 5.41 Å². The standard InChI is InChI=1S/C21H32N4O5/c1-5-14(16(26)17-23-18(30-24-17)13-8-9-13)22-20(28)29-15(12-21(2,3)4)19(27)25-10-6-7-11-25/h13-15H,5-12H2,1-4H3,(H,22,28)/t14-,15?/m0/s1. The van der Waals surface area contributed by atoms with Crippen LogP contribution in [0.1, 0.15) is 88.6 Å². The number of nitrogens with zero attached hydrogens (tertiary/aromatic N) is 3. The molecule has 2 heterocycles. The number of Topliss-reactive ketones (excluding diaryl/α,β-unsaturated/α-hetero) is 1. The maximum absolute atomic E-state index is 12.9. The van der Waals surface area contributed by atoms with Crippen LogP contribution in [0.4, 0.5) is 4.79 Å². The second-order valence-corrected chi connectivity index (χ2v) is 9.39. The lowest BCUT2D eigenvalue weighted by molar-refractivity contribution is -0.140. The molecule has 3 rings (SSSR count). The van der Waals surface area contributed by atoms with E-state index in [4.69, 9.17) is 9.26 Å². The van der Waals surface area contributed by atoms with Gasteiger partial charge in [-0.2, -0.15) is 4.98 Å². The number of carbonyl (C=O) groups is 3. The first-order chi connectivity index (χ1) is 14.2. The number of nitrogens with one attached hydrogen (secondary N) is 1. The first-order valence-electron chi connectivity index (χ1n) is 10.8. The lowest BCUT2D eigenvalue weighted by Gasteiger charge is -2.28. The van der Waals surface area contributed by atoms with Crippen LogP contribution in [0.3, 0.4) is 0 Å². The highest BCUT2D eigenvalue weighted by molar-refractivity contribution is 5.98. The van der Waals surface area contributed by atoms with Crippen molar-refractivity contribution in [1.29, 1.82) is 0 Å². The van der Waals surface area contributed by atoms with Crippen molar-refractivity contribution in [3.05, 3.63) is 11.7 Å². The van der Waals surface area contributed by atoms with Gasteiger partial charge in [0.25, 0.3) is 5.91 Å². The number of ketones is 1. The van der Waals surface area contributed by atoms with Crippen molar-refractivity contribution < 1.29 is 23.6 Å². The van der Waals surface area contributed by atoms with Gasteiger partial charge in [0.15, 0.2) is 6.10 Å². The fourth-order valence-electron chi connectivity index (χ4n) is 3.52. The molecule has 1 aromatic rings. The Morgan fingerprint density at radius 3 is 2.47 bits per heavy atom. The Kier molecular flexibility index (Phi) is 6.77. The summed E-state index contributed by atoms with van der Waals surface area (Å²) < 4.78 is 10.7. The van der Waals surface area contributed by atoms with E-state index in [0.717, 1.165) is 25.7 Å². The van der Waals surface area contributed by atoms with Crippen molar-refractivity contribution in [1.82, 2.24) is 20.4 Å². The van der Waals surface area contributed by atoms with Crippen LogP contribution >= 0.6 is 0 Å². The summed E-state index contributed by atoms with van der Waals surface area (Å²) in [5.41, 5.74) is -0.204. The highest BCUT2D eigenvalue weighted by Gasteiger charge is 2.35. The Labute approximate surface area is 176 Å². The smallest absolute Gasteiger partial charge is 0.408 e. The Morgan fingerprint density at radius 1 is 1.23 bits per heavy atom. The van der Waals surface area contributed by atoms with E-state index in [1.165, 1.54) is 0 Å². The first-order valence-corrected chi connectivity index (χ1v) is 10.8. The Morgan fingerprint density at radius 2 is 1.90 bits per heavy atom. The predicted octanol–water partition coefficient (Wildman–Crippen LogP) is 3.06. The lowest BCUT2D eigenvalue weighted by Crippen LogP contribution is -2.46. The highest BCUT2D eigenvalue weighted by Crippen LogP contribution is 2.38. The summed E-state index contributed by atoms with van der Waals surface area (Å²) in [7, 11) is 0. The average Bonchev–Trinajstić information content (AvgIpc) is 3.18. The zero-order valence-electron chi connectivity index (χ0n) is 18.3. The van der Waals surface area contributed by atoms with Crippen LogP contribution in [0.25, 0.3) is 0 Å². The summed E-state index contributed by atoms with van der Waals surface area (Å²) in [5.74, 6) is 0.0695. The van der Waals surface area contributed by atoms with E-state index in [0.29, 0.717) is 31.8 Å². The molecule has 2 amide bonds. The van der Waals surface area contributed by atoms with E-state index in [1.54, 1.807) is 11.8 Å². The SMILES string of the molecule is CC[C@H](NC(=O)OC(CC(C)(C)C)C(=O)N1CCCC1)C(=O)c1noc(C2CC2)n1. The quantitative estimate of drug-likeness (QED) is 0.643. The molecule has 166 valence electrons. The zero-order chi connectivity index (χ0) is 21.9. The molecule has 30 heavy (non-hydrogen) atoms. The summed E-state index contributed by atoms with van der Waals surface area (Å²) in [6, 6.07) is -0.848. The summed E-state index contributed by atoms with van der Waals surface area (Å²) >= 11 is 0. The number of amides is 2. The van der Waals surface area contributed by atoms with Gasteiger partial charge in [-0.05, 0) is 43.9 Å². The van der Waals surface area contributed by atoms with Crippen LogP contribution < -0.4 is 5.32 Å². The van der Waals surface area contributed by atoms with Gasteiger partial charge in [0.2, 0.25) is 17.5 Å². The molecule has 2 fully saturated rings. The molecule has 2 atom stereocenters. The second-order valence-electron chi connectivity index (χ2n) is 9.39. The number of rotatable bonds is 8. The topological polar surface area (TPSA) is 115 Å². The van der Waals surface area contributed by atoms with E-state index in [9.17, 15) is 14.4 Å². The van der Waals surface area contributed by atoms with Crippen molar-refractivity contribution >= 4 is 17.8 Å². The van der Waals surface area contributed by atoms with E-state index < -0.39 is 24.0 Å². The molecule has 0 radical (unpaired) electrons. The summed E-state index contributed by atoms with van der Waals surface area (Å²) in [6.45, 7) is 9.11. The van der Waals surface area contributed by atoms with Crippen LogP contribution in [0.5, 0.6) is 0 Å². The van der Waals surface area contributed by atoms with Crippen molar-refractivity contribution in [2.24, 2.45) is 5.41 Å². The molecule has 1 saturated carbocycles. The van der Waals surface area contributed by atoms with E-state index in [2.05, 4.69) is 15.5 Å². The number of hydrogen-bond acceptors (Lipinski definition) is 7. The van der Waals surface area contributed by atoms with Crippen molar-refractivity contribution in [2.45, 2.75) is 84.3 Å². The van der Waals surface area contributed by atoms with Crippen LogP contribution in [0.2, 0.25) is 0 Å². The fraction of sp³-hybridized carbons (Fsp3) is 0.762. The molecule has 0 aromatic carbocycles. The maximum Gasteiger partial charge on any atom is 0.408 e. The third-order valence-corrected chi connectivity index (χ3v) is 5.35. The largest absolute Gasteiger partial charge is 0.436 e. The predicted molar refractivity (Wildman–Crippen MR) is 108 cm³/mol. The van der Waals surface area contributed by atoms with Crippen LogP contribution in [0.15, 0.2) is 4.52 Å². The number of ether oxygens (including phenoxy) is 1. The molecular formula is C21H32N4O5. The van der Waals surface area contributed by atoms with Crippen molar-refractivity contribution in [2.75, 3.05) is 13.1 Å². The summed E-state index contributed by atoms with van der Waals surface area (Å²) in [4.78, 5) is 44.0. The molecule has 9 nitrogen and oxygen atoms in total. The molecule has 9 heteroatoms.